The third-order valence-electron chi connectivity index (χ3n) is 4.44. The number of nitrogens with one attached hydrogen (secondary N) is 1. The second kappa shape index (κ2) is 4.62. The molecule has 1 unspecified atom stereocenters. The van der Waals surface area contributed by atoms with Crippen molar-refractivity contribution < 1.29 is 13.2 Å². The molecule has 1 aromatic heterocycles. The minimum Gasteiger partial charge on any atom is -0.370 e. The average molecular weight is 285 g/mol. The van der Waals surface area contributed by atoms with Gasteiger partial charge in [0.2, 0.25) is 0 Å². The molecular weight excluding hydrogens is 267 g/mol. The van der Waals surface area contributed by atoms with E-state index in [4.69, 9.17) is 0 Å². The van der Waals surface area contributed by atoms with Crippen LogP contribution in [-0.4, -0.2) is 31.2 Å². The minimum atomic E-state index is -4.35. The van der Waals surface area contributed by atoms with E-state index in [1.165, 1.54) is 0 Å². The SMILES string of the molecule is Cc1cc(N2CCC3(CCNC3)C2)c(C(F)(F)F)cn1. The molecule has 3 rings (SSSR count). The van der Waals surface area contributed by atoms with Crippen LogP contribution < -0.4 is 10.2 Å². The molecule has 0 amide bonds. The molecule has 1 N–H and O–H groups in total. The van der Waals surface area contributed by atoms with E-state index in [2.05, 4.69) is 10.3 Å². The van der Waals surface area contributed by atoms with E-state index in [1.807, 2.05) is 4.90 Å². The molecule has 2 fully saturated rings. The summed E-state index contributed by atoms with van der Waals surface area (Å²) in [5.41, 5.74) is 0.443. The molecule has 2 aliphatic rings. The van der Waals surface area contributed by atoms with Gasteiger partial charge in [0.1, 0.15) is 0 Å². The van der Waals surface area contributed by atoms with E-state index in [9.17, 15) is 13.2 Å². The number of nitrogens with zero attached hydrogens (tertiary/aromatic N) is 2. The van der Waals surface area contributed by atoms with Crippen LogP contribution in [0, 0.1) is 12.3 Å². The van der Waals surface area contributed by atoms with E-state index in [0.717, 1.165) is 32.1 Å². The summed E-state index contributed by atoms with van der Waals surface area (Å²) in [6, 6.07) is 1.56. The Morgan fingerprint density at radius 1 is 1.35 bits per heavy atom. The molecule has 1 aromatic rings. The number of rotatable bonds is 1. The maximum absolute atomic E-state index is 13.1. The van der Waals surface area contributed by atoms with Crippen LogP contribution in [0.5, 0.6) is 0 Å². The lowest BCUT2D eigenvalue weighted by molar-refractivity contribution is -0.137. The number of pyridine rings is 1. The van der Waals surface area contributed by atoms with Crippen LogP contribution in [0.25, 0.3) is 0 Å². The van der Waals surface area contributed by atoms with Gasteiger partial charge in [-0.1, -0.05) is 0 Å². The molecule has 2 saturated heterocycles. The second-order valence-corrected chi connectivity index (χ2v) is 5.94. The normalized spacial score (nSPS) is 26.7. The molecule has 0 aliphatic carbocycles. The van der Waals surface area contributed by atoms with Gasteiger partial charge in [-0.25, -0.2) is 0 Å². The summed E-state index contributed by atoms with van der Waals surface area (Å²) in [4.78, 5) is 5.69. The Hall–Kier alpha value is -1.30. The molecule has 2 aliphatic heterocycles. The van der Waals surface area contributed by atoms with Gasteiger partial charge < -0.3 is 10.2 Å². The van der Waals surface area contributed by atoms with E-state index >= 15 is 0 Å². The van der Waals surface area contributed by atoms with Crippen LogP contribution >= 0.6 is 0 Å². The first-order valence-electron chi connectivity index (χ1n) is 6.89. The lowest BCUT2D eigenvalue weighted by Crippen LogP contribution is -2.30. The lowest BCUT2D eigenvalue weighted by Gasteiger charge is -2.26. The summed E-state index contributed by atoms with van der Waals surface area (Å²) in [5.74, 6) is 0. The predicted octanol–water partition coefficient (Wildman–Crippen LogP) is 2.60. The molecule has 3 nitrogen and oxygen atoms in total. The van der Waals surface area contributed by atoms with Crippen molar-refractivity contribution in [2.75, 3.05) is 31.1 Å². The largest absolute Gasteiger partial charge is 0.419 e. The smallest absolute Gasteiger partial charge is 0.370 e. The van der Waals surface area contributed by atoms with Gasteiger partial charge in [0, 0.05) is 36.9 Å². The highest BCUT2D eigenvalue weighted by Gasteiger charge is 2.43. The second-order valence-electron chi connectivity index (χ2n) is 5.94. The molecule has 110 valence electrons. The van der Waals surface area contributed by atoms with Crippen molar-refractivity contribution in [3.63, 3.8) is 0 Å². The van der Waals surface area contributed by atoms with Gasteiger partial charge in [-0.2, -0.15) is 13.2 Å². The summed E-state index contributed by atoms with van der Waals surface area (Å²) in [6.07, 6.45) is -1.38. The zero-order valence-electron chi connectivity index (χ0n) is 11.4. The predicted molar refractivity (Wildman–Crippen MR) is 70.7 cm³/mol. The van der Waals surface area contributed by atoms with E-state index in [1.54, 1.807) is 13.0 Å². The highest BCUT2D eigenvalue weighted by molar-refractivity contribution is 5.56. The number of aryl methyl sites for hydroxylation is 1. The maximum atomic E-state index is 13.1. The monoisotopic (exact) mass is 285 g/mol. The molecule has 3 heterocycles. The molecular formula is C14H18F3N3. The Morgan fingerprint density at radius 3 is 2.80 bits per heavy atom. The fourth-order valence-corrected chi connectivity index (χ4v) is 3.31. The first-order valence-corrected chi connectivity index (χ1v) is 6.89. The Labute approximate surface area is 116 Å². The first-order chi connectivity index (χ1) is 9.40. The lowest BCUT2D eigenvalue weighted by atomic mass is 9.86. The summed E-state index contributed by atoms with van der Waals surface area (Å²) in [5, 5.41) is 3.32. The zero-order chi connectivity index (χ0) is 14.4. The molecule has 0 saturated carbocycles. The standard InChI is InChI=1S/C14H18F3N3/c1-10-6-12(11(7-19-10)14(15,16)17)20-5-3-13(9-20)2-4-18-8-13/h6-7,18H,2-5,8-9H2,1H3. The molecule has 0 aromatic carbocycles. The molecule has 0 radical (unpaired) electrons. The third kappa shape index (κ3) is 2.37. The highest BCUT2D eigenvalue weighted by atomic mass is 19.4. The summed E-state index contributed by atoms with van der Waals surface area (Å²) in [6.45, 7) is 5.00. The van der Waals surface area contributed by atoms with Crippen LogP contribution in [0.2, 0.25) is 0 Å². The van der Waals surface area contributed by atoms with Crippen molar-refractivity contribution in [2.45, 2.75) is 25.9 Å². The van der Waals surface area contributed by atoms with Crippen LogP contribution in [-0.2, 0) is 6.18 Å². The Bertz CT molecular complexity index is 507. The number of hydrogen-bond donors (Lipinski definition) is 1. The number of alkyl halides is 3. The molecule has 1 atom stereocenters. The number of aromatic nitrogens is 1. The molecule has 1 spiro atoms. The Kier molecular flexibility index (Phi) is 3.16. The van der Waals surface area contributed by atoms with Gasteiger partial charge in [0.15, 0.2) is 0 Å². The minimum absolute atomic E-state index is 0.153. The van der Waals surface area contributed by atoms with E-state index in [0.29, 0.717) is 18.8 Å². The average Bonchev–Trinajstić information content (AvgIpc) is 2.99. The van der Waals surface area contributed by atoms with E-state index in [-0.39, 0.29) is 11.1 Å². The zero-order valence-corrected chi connectivity index (χ0v) is 11.4. The van der Waals surface area contributed by atoms with Crippen molar-refractivity contribution in [3.8, 4) is 0 Å². The van der Waals surface area contributed by atoms with Crippen molar-refractivity contribution in [3.05, 3.63) is 23.5 Å². The molecule has 0 bridgehead atoms. The quantitative estimate of drug-likeness (QED) is 0.859. The van der Waals surface area contributed by atoms with Gasteiger partial charge >= 0.3 is 6.18 Å². The fourth-order valence-electron chi connectivity index (χ4n) is 3.31. The summed E-state index contributed by atoms with van der Waals surface area (Å²) in [7, 11) is 0. The Balaban J connectivity index is 1.92. The number of halogens is 3. The molecule has 6 heteroatoms. The fraction of sp³-hybridized carbons (Fsp3) is 0.643. The summed E-state index contributed by atoms with van der Waals surface area (Å²) >= 11 is 0. The van der Waals surface area contributed by atoms with Gasteiger partial charge in [-0.15, -0.1) is 0 Å². The number of anilines is 1. The highest BCUT2D eigenvalue weighted by Crippen LogP contribution is 2.42. The van der Waals surface area contributed by atoms with Crippen molar-refractivity contribution >= 4 is 5.69 Å². The van der Waals surface area contributed by atoms with Gasteiger partial charge in [-0.05, 0) is 32.4 Å². The van der Waals surface area contributed by atoms with Gasteiger partial charge in [0.25, 0.3) is 0 Å². The van der Waals surface area contributed by atoms with Crippen LogP contribution in [0.1, 0.15) is 24.1 Å². The third-order valence-corrected chi connectivity index (χ3v) is 4.44. The van der Waals surface area contributed by atoms with Crippen molar-refractivity contribution in [1.29, 1.82) is 0 Å². The maximum Gasteiger partial charge on any atom is 0.419 e. The number of hydrogen-bond acceptors (Lipinski definition) is 3. The van der Waals surface area contributed by atoms with Gasteiger partial charge in [-0.3, -0.25) is 4.98 Å². The van der Waals surface area contributed by atoms with E-state index < -0.39 is 11.7 Å². The van der Waals surface area contributed by atoms with Gasteiger partial charge in [0.05, 0.1) is 11.3 Å². The van der Waals surface area contributed by atoms with Crippen LogP contribution in [0.4, 0.5) is 18.9 Å². The van der Waals surface area contributed by atoms with Crippen molar-refractivity contribution in [1.82, 2.24) is 10.3 Å². The Morgan fingerprint density at radius 2 is 2.15 bits per heavy atom. The first kappa shape index (κ1) is 13.7. The van der Waals surface area contributed by atoms with Crippen molar-refractivity contribution in [2.24, 2.45) is 5.41 Å². The van der Waals surface area contributed by atoms with Crippen LogP contribution in [0.3, 0.4) is 0 Å². The topological polar surface area (TPSA) is 28.2 Å². The summed E-state index contributed by atoms with van der Waals surface area (Å²) < 4.78 is 39.4. The molecule has 20 heavy (non-hydrogen) atoms. The van der Waals surface area contributed by atoms with Crippen LogP contribution in [0.15, 0.2) is 12.3 Å².